The van der Waals surface area contributed by atoms with Gasteiger partial charge in [0.1, 0.15) is 18.7 Å². The number of nitrogens with two attached hydrogens (primary N) is 1. The summed E-state index contributed by atoms with van der Waals surface area (Å²) in [7, 11) is 0. The SMILES string of the molecule is CC(C)n1ncnc1Cn1cc(-c2cccc(N)c2)cn1. The highest BCUT2D eigenvalue weighted by Crippen LogP contribution is 2.21. The maximum Gasteiger partial charge on any atom is 0.148 e. The van der Waals surface area contributed by atoms with Gasteiger partial charge in [0, 0.05) is 23.5 Å². The Kier molecular flexibility index (Phi) is 3.43. The van der Waals surface area contributed by atoms with Crippen LogP contribution in [-0.4, -0.2) is 24.5 Å². The van der Waals surface area contributed by atoms with Crippen LogP contribution in [0.1, 0.15) is 25.7 Å². The molecule has 0 aliphatic rings. The number of benzene rings is 1. The zero-order valence-corrected chi connectivity index (χ0v) is 12.1. The number of anilines is 1. The van der Waals surface area contributed by atoms with Crippen LogP contribution in [0.2, 0.25) is 0 Å². The minimum atomic E-state index is 0.284. The molecule has 1 aromatic carbocycles. The maximum absolute atomic E-state index is 5.82. The maximum atomic E-state index is 5.82. The molecule has 0 saturated carbocycles. The molecule has 0 fully saturated rings. The van der Waals surface area contributed by atoms with Gasteiger partial charge in [0.05, 0.1) is 6.20 Å². The van der Waals surface area contributed by atoms with E-state index in [-0.39, 0.29) is 6.04 Å². The summed E-state index contributed by atoms with van der Waals surface area (Å²) in [6.45, 7) is 4.76. The first kappa shape index (κ1) is 13.4. The van der Waals surface area contributed by atoms with Gasteiger partial charge in [0.25, 0.3) is 0 Å². The van der Waals surface area contributed by atoms with Crippen LogP contribution in [0, 0.1) is 0 Å². The molecule has 0 radical (unpaired) electrons. The van der Waals surface area contributed by atoms with Crippen LogP contribution in [0.4, 0.5) is 5.69 Å². The second-order valence-corrected chi connectivity index (χ2v) is 5.27. The van der Waals surface area contributed by atoms with Gasteiger partial charge in [-0.25, -0.2) is 9.67 Å². The zero-order chi connectivity index (χ0) is 14.8. The number of rotatable bonds is 4. The van der Waals surface area contributed by atoms with Crippen LogP contribution in [0.15, 0.2) is 43.0 Å². The predicted octanol–water partition coefficient (Wildman–Crippen LogP) is 2.35. The lowest BCUT2D eigenvalue weighted by Gasteiger charge is -2.09. The topological polar surface area (TPSA) is 74.5 Å². The first-order valence-corrected chi connectivity index (χ1v) is 6.90. The number of nitrogens with zero attached hydrogens (tertiary/aromatic N) is 5. The molecule has 0 atom stereocenters. The third-order valence-electron chi connectivity index (χ3n) is 3.29. The van der Waals surface area contributed by atoms with E-state index in [2.05, 4.69) is 29.0 Å². The van der Waals surface area contributed by atoms with Gasteiger partial charge < -0.3 is 5.73 Å². The lowest BCUT2D eigenvalue weighted by molar-refractivity contribution is 0.488. The molecule has 0 unspecified atom stereocenters. The fourth-order valence-corrected chi connectivity index (χ4v) is 2.28. The minimum Gasteiger partial charge on any atom is -0.399 e. The molecule has 3 aromatic rings. The Labute approximate surface area is 123 Å². The van der Waals surface area contributed by atoms with Gasteiger partial charge in [-0.05, 0) is 31.5 Å². The summed E-state index contributed by atoms with van der Waals surface area (Å²) in [5.74, 6) is 0.896. The molecule has 6 heteroatoms. The van der Waals surface area contributed by atoms with Crippen LogP contribution in [-0.2, 0) is 6.54 Å². The smallest absolute Gasteiger partial charge is 0.148 e. The largest absolute Gasteiger partial charge is 0.399 e. The highest BCUT2D eigenvalue weighted by atomic mass is 15.4. The monoisotopic (exact) mass is 282 g/mol. The summed E-state index contributed by atoms with van der Waals surface area (Å²) in [5, 5.41) is 8.63. The number of hydrogen-bond acceptors (Lipinski definition) is 4. The Bertz CT molecular complexity index is 740. The van der Waals surface area contributed by atoms with Crippen molar-refractivity contribution in [1.29, 1.82) is 0 Å². The van der Waals surface area contributed by atoms with Gasteiger partial charge in [-0.2, -0.15) is 10.2 Å². The average molecular weight is 282 g/mol. The van der Waals surface area contributed by atoms with Gasteiger partial charge in [-0.15, -0.1) is 0 Å². The minimum absolute atomic E-state index is 0.284. The highest BCUT2D eigenvalue weighted by molar-refractivity contribution is 5.65. The Balaban J connectivity index is 1.84. The third-order valence-corrected chi connectivity index (χ3v) is 3.29. The number of nitrogen functional groups attached to an aromatic ring is 1. The lowest BCUT2D eigenvalue weighted by Crippen LogP contribution is -2.12. The van der Waals surface area contributed by atoms with Gasteiger partial charge in [-0.1, -0.05) is 12.1 Å². The van der Waals surface area contributed by atoms with Crippen molar-refractivity contribution >= 4 is 5.69 Å². The van der Waals surface area contributed by atoms with Crippen molar-refractivity contribution in [2.24, 2.45) is 0 Å². The standard InChI is InChI=1S/C15H18N6/c1-11(2)21-15(17-10-19-21)9-20-8-13(7-18-20)12-4-3-5-14(16)6-12/h3-8,10-11H,9,16H2,1-2H3. The van der Waals surface area contributed by atoms with E-state index in [9.17, 15) is 0 Å². The number of hydrogen-bond donors (Lipinski definition) is 1. The molecule has 21 heavy (non-hydrogen) atoms. The van der Waals surface area contributed by atoms with Crippen LogP contribution < -0.4 is 5.73 Å². The van der Waals surface area contributed by atoms with E-state index in [1.807, 2.05) is 46.0 Å². The summed E-state index contributed by atoms with van der Waals surface area (Å²) >= 11 is 0. The van der Waals surface area contributed by atoms with Gasteiger partial charge in [0.15, 0.2) is 0 Å². The van der Waals surface area contributed by atoms with Crippen LogP contribution in [0.3, 0.4) is 0 Å². The zero-order valence-electron chi connectivity index (χ0n) is 12.1. The molecule has 0 aliphatic carbocycles. The average Bonchev–Trinajstić information content (AvgIpc) is 3.08. The fraction of sp³-hybridized carbons (Fsp3) is 0.267. The van der Waals surface area contributed by atoms with Crippen LogP contribution in [0.25, 0.3) is 11.1 Å². The van der Waals surface area contributed by atoms with E-state index in [0.717, 1.165) is 22.6 Å². The molecule has 0 bridgehead atoms. The molecule has 3 rings (SSSR count). The molecular weight excluding hydrogens is 264 g/mol. The molecular formula is C15H18N6. The molecule has 2 N–H and O–H groups in total. The van der Waals surface area contributed by atoms with Crippen LogP contribution >= 0.6 is 0 Å². The fourth-order valence-electron chi connectivity index (χ4n) is 2.28. The van der Waals surface area contributed by atoms with Crippen molar-refractivity contribution in [1.82, 2.24) is 24.5 Å². The lowest BCUT2D eigenvalue weighted by atomic mass is 10.1. The summed E-state index contributed by atoms with van der Waals surface area (Å²) < 4.78 is 3.77. The molecule has 6 nitrogen and oxygen atoms in total. The Morgan fingerprint density at radius 2 is 2.05 bits per heavy atom. The van der Waals surface area contributed by atoms with E-state index < -0.39 is 0 Å². The Morgan fingerprint density at radius 1 is 1.19 bits per heavy atom. The molecule has 2 aromatic heterocycles. The summed E-state index contributed by atoms with van der Waals surface area (Å²) in [5.41, 5.74) is 8.67. The molecule has 0 amide bonds. The van der Waals surface area contributed by atoms with Crippen molar-refractivity contribution in [3.63, 3.8) is 0 Å². The van der Waals surface area contributed by atoms with Crippen molar-refractivity contribution in [2.45, 2.75) is 26.4 Å². The molecule has 108 valence electrons. The normalized spacial score (nSPS) is 11.2. The van der Waals surface area contributed by atoms with E-state index in [1.54, 1.807) is 6.33 Å². The second-order valence-electron chi connectivity index (χ2n) is 5.27. The molecule has 0 saturated heterocycles. The van der Waals surface area contributed by atoms with Crippen LogP contribution in [0.5, 0.6) is 0 Å². The highest BCUT2D eigenvalue weighted by Gasteiger charge is 2.09. The molecule has 2 heterocycles. The van der Waals surface area contributed by atoms with Crippen molar-refractivity contribution in [3.05, 3.63) is 48.8 Å². The molecule has 0 aliphatic heterocycles. The second kappa shape index (κ2) is 5.40. The Morgan fingerprint density at radius 3 is 2.81 bits per heavy atom. The van der Waals surface area contributed by atoms with E-state index >= 15 is 0 Å². The third kappa shape index (κ3) is 2.79. The van der Waals surface area contributed by atoms with Gasteiger partial charge in [-0.3, -0.25) is 4.68 Å². The predicted molar refractivity (Wildman–Crippen MR) is 81.6 cm³/mol. The Hall–Kier alpha value is -2.63. The van der Waals surface area contributed by atoms with Gasteiger partial charge >= 0.3 is 0 Å². The van der Waals surface area contributed by atoms with Crippen molar-refractivity contribution in [3.8, 4) is 11.1 Å². The van der Waals surface area contributed by atoms with Gasteiger partial charge in [0.2, 0.25) is 0 Å². The van der Waals surface area contributed by atoms with Crippen molar-refractivity contribution in [2.75, 3.05) is 5.73 Å². The summed E-state index contributed by atoms with van der Waals surface area (Å²) in [6.07, 6.45) is 5.41. The summed E-state index contributed by atoms with van der Waals surface area (Å²) in [6, 6.07) is 8.06. The quantitative estimate of drug-likeness (QED) is 0.745. The molecule has 0 spiro atoms. The first-order chi connectivity index (χ1) is 10.1. The van der Waals surface area contributed by atoms with E-state index in [4.69, 9.17) is 5.73 Å². The summed E-state index contributed by atoms with van der Waals surface area (Å²) in [4.78, 5) is 4.30. The van der Waals surface area contributed by atoms with Crippen molar-refractivity contribution < 1.29 is 0 Å². The van der Waals surface area contributed by atoms with E-state index in [0.29, 0.717) is 6.54 Å². The van der Waals surface area contributed by atoms with E-state index in [1.165, 1.54) is 0 Å². The first-order valence-electron chi connectivity index (χ1n) is 6.90. The number of aromatic nitrogens is 5.